The van der Waals surface area contributed by atoms with Crippen LogP contribution >= 0.6 is 24.0 Å². The summed E-state index contributed by atoms with van der Waals surface area (Å²) in [5.74, 6) is 1.26. The Labute approximate surface area is 192 Å². The Morgan fingerprint density at radius 3 is 2.48 bits per heavy atom. The number of piperidine rings is 1. The van der Waals surface area contributed by atoms with Crippen molar-refractivity contribution >= 4 is 46.0 Å². The molecule has 8 heteroatoms. The van der Waals surface area contributed by atoms with Crippen molar-refractivity contribution in [1.82, 2.24) is 14.5 Å². The Bertz CT molecular complexity index is 801. The predicted molar refractivity (Wildman–Crippen MR) is 131 cm³/mol. The number of nitrogens with zero attached hydrogens (tertiary/aromatic N) is 3. The van der Waals surface area contributed by atoms with Crippen LogP contribution in [0, 0.1) is 5.92 Å². The predicted octanol–water partition coefficient (Wildman–Crippen LogP) is 3.03. The van der Waals surface area contributed by atoms with Crippen LogP contribution in [0.5, 0.6) is 0 Å². The molecule has 0 aliphatic carbocycles. The average Bonchev–Trinajstić information content (AvgIpc) is 3.16. The molecule has 1 unspecified atom stereocenters. The molecular formula is C21H33IN4O2S. The van der Waals surface area contributed by atoms with Crippen molar-refractivity contribution in [1.29, 1.82) is 0 Å². The average molecular weight is 532 g/mol. The van der Waals surface area contributed by atoms with E-state index in [1.165, 1.54) is 17.4 Å². The molecule has 29 heavy (non-hydrogen) atoms. The first-order valence-electron chi connectivity index (χ1n) is 10.2. The summed E-state index contributed by atoms with van der Waals surface area (Å²) in [6.07, 6.45) is 6.58. The van der Waals surface area contributed by atoms with Crippen molar-refractivity contribution in [2.75, 3.05) is 45.5 Å². The van der Waals surface area contributed by atoms with Crippen LogP contribution in [-0.4, -0.2) is 69.1 Å². The van der Waals surface area contributed by atoms with E-state index in [9.17, 15) is 8.42 Å². The second-order valence-corrected chi connectivity index (χ2v) is 9.65. The van der Waals surface area contributed by atoms with E-state index in [1.807, 2.05) is 6.07 Å². The van der Waals surface area contributed by atoms with Gasteiger partial charge in [0.1, 0.15) is 0 Å². The van der Waals surface area contributed by atoms with Crippen LogP contribution in [0.3, 0.4) is 0 Å². The van der Waals surface area contributed by atoms with Crippen molar-refractivity contribution < 1.29 is 8.42 Å². The fourth-order valence-electron chi connectivity index (χ4n) is 3.82. The molecule has 2 fully saturated rings. The number of guanidine groups is 1. The maximum absolute atomic E-state index is 11.7. The first kappa shape index (κ1) is 24.1. The molecule has 0 saturated carbocycles. The van der Waals surface area contributed by atoms with Gasteiger partial charge in [0.25, 0.3) is 0 Å². The minimum absolute atomic E-state index is 0. The zero-order chi connectivity index (χ0) is 20.0. The summed E-state index contributed by atoms with van der Waals surface area (Å²) < 4.78 is 25.0. The Kier molecular flexibility index (Phi) is 9.42. The molecular weight excluding hydrogens is 499 g/mol. The molecule has 1 atom stereocenters. The quantitative estimate of drug-likeness (QED) is 0.360. The van der Waals surface area contributed by atoms with Crippen molar-refractivity contribution in [3.63, 3.8) is 0 Å². The lowest BCUT2D eigenvalue weighted by molar-refractivity contribution is 0.374. The third-order valence-electron chi connectivity index (χ3n) is 5.43. The van der Waals surface area contributed by atoms with Crippen LogP contribution in [0.2, 0.25) is 0 Å². The van der Waals surface area contributed by atoms with Gasteiger partial charge in [0.05, 0.1) is 6.26 Å². The Hall–Kier alpha value is -1.13. The normalized spacial score (nSPS) is 21.0. The highest BCUT2D eigenvalue weighted by Crippen LogP contribution is 2.21. The first-order chi connectivity index (χ1) is 13.5. The molecule has 2 aliphatic heterocycles. The number of hydrogen-bond donors (Lipinski definition) is 1. The van der Waals surface area contributed by atoms with Crippen molar-refractivity contribution in [2.24, 2.45) is 10.9 Å². The van der Waals surface area contributed by atoms with Crippen molar-refractivity contribution in [3.8, 4) is 0 Å². The van der Waals surface area contributed by atoms with Crippen LogP contribution in [0.1, 0.15) is 31.7 Å². The van der Waals surface area contributed by atoms with E-state index in [1.54, 1.807) is 4.31 Å². The van der Waals surface area contributed by atoms with Crippen molar-refractivity contribution in [3.05, 3.63) is 41.5 Å². The first-order valence-corrected chi connectivity index (χ1v) is 12.0. The number of rotatable bonds is 5. The number of nitrogens with one attached hydrogen (secondary N) is 1. The Balaban J connectivity index is 0.00000300. The second-order valence-electron chi connectivity index (χ2n) is 7.67. The molecule has 2 aliphatic rings. The fraction of sp³-hybridized carbons (Fsp3) is 0.571. The third-order valence-corrected chi connectivity index (χ3v) is 6.70. The molecule has 0 spiro atoms. The molecule has 3 rings (SSSR count). The minimum Gasteiger partial charge on any atom is -0.357 e. The fourth-order valence-corrected chi connectivity index (χ4v) is 4.74. The number of likely N-dealkylation sites (tertiary alicyclic amines) is 1. The molecule has 0 aromatic heterocycles. The van der Waals surface area contributed by atoms with Gasteiger partial charge in [-0.2, -0.15) is 0 Å². The van der Waals surface area contributed by atoms with E-state index in [0.717, 1.165) is 44.9 Å². The van der Waals surface area contributed by atoms with E-state index >= 15 is 0 Å². The van der Waals surface area contributed by atoms with Gasteiger partial charge in [-0.1, -0.05) is 42.0 Å². The van der Waals surface area contributed by atoms with Crippen LogP contribution in [0.15, 0.2) is 40.9 Å². The van der Waals surface area contributed by atoms with Crippen LogP contribution in [-0.2, 0) is 10.0 Å². The Morgan fingerprint density at radius 2 is 1.90 bits per heavy atom. The maximum atomic E-state index is 11.7. The molecule has 162 valence electrons. The lowest BCUT2D eigenvalue weighted by Gasteiger charge is -2.31. The third kappa shape index (κ3) is 7.25. The summed E-state index contributed by atoms with van der Waals surface area (Å²) in [5.41, 5.74) is 2.75. The molecule has 0 amide bonds. The van der Waals surface area contributed by atoms with E-state index in [-0.39, 0.29) is 24.0 Å². The molecule has 1 aromatic rings. The molecule has 6 nitrogen and oxygen atoms in total. The van der Waals surface area contributed by atoms with Gasteiger partial charge < -0.3 is 10.2 Å². The molecule has 1 N–H and O–H groups in total. The highest BCUT2D eigenvalue weighted by Gasteiger charge is 2.28. The lowest BCUT2D eigenvalue weighted by Crippen LogP contribution is -2.44. The molecule has 1 aromatic carbocycles. The Morgan fingerprint density at radius 1 is 1.21 bits per heavy atom. The van der Waals surface area contributed by atoms with Gasteiger partial charge in [-0.05, 0) is 37.7 Å². The summed E-state index contributed by atoms with van der Waals surface area (Å²) >= 11 is 0. The topological polar surface area (TPSA) is 65.0 Å². The zero-order valence-electron chi connectivity index (χ0n) is 17.4. The standard InChI is InChI=1S/C21H32N4O2S.HI/c1-3-22-21(23-16-20-11-14-25(17-20)28(2,26)27)24-12-9-19(10-13-24)15-18-7-5-4-6-8-18;/h4-8,15,20H,3,9-14,16-17H2,1-2H3,(H,22,23);1H. The van der Waals surface area contributed by atoms with Crippen LogP contribution < -0.4 is 5.32 Å². The summed E-state index contributed by atoms with van der Waals surface area (Å²) in [6.45, 7) is 6.73. The van der Waals surface area contributed by atoms with Gasteiger partial charge in [0.15, 0.2) is 5.96 Å². The number of halogens is 1. The van der Waals surface area contributed by atoms with E-state index in [0.29, 0.717) is 25.6 Å². The number of benzene rings is 1. The van der Waals surface area contributed by atoms with Crippen LogP contribution in [0.4, 0.5) is 0 Å². The molecule has 2 saturated heterocycles. The monoisotopic (exact) mass is 532 g/mol. The van der Waals surface area contributed by atoms with E-state index in [4.69, 9.17) is 4.99 Å². The summed E-state index contributed by atoms with van der Waals surface area (Å²) in [6, 6.07) is 10.5. The second kappa shape index (κ2) is 11.3. The van der Waals surface area contributed by atoms with E-state index < -0.39 is 10.0 Å². The zero-order valence-corrected chi connectivity index (χ0v) is 20.5. The summed E-state index contributed by atoms with van der Waals surface area (Å²) in [7, 11) is -3.08. The summed E-state index contributed by atoms with van der Waals surface area (Å²) in [5, 5.41) is 3.41. The number of aliphatic imine (C=N–C) groups is 1. The van der Waals surface area contributed by atoms with Gasteiger partial charge in [0.2, 0.25) is 10.0 Å². The minimum atomic E-state index is -3.08. The van der Waals surface area contributed by atoms with Gasteiger partial charge in [-0.15, -0.1) is 24.0 Å². The van der Waals surface area contributed by atoms with Gasteiger partial charge >= 0.3 is 0 Å². The van der Waals surface area contributed by atoms with Gasteiger partial charge in [-0.3, -0.25) is 4.99 Å². The highest BCUT2D eigenvalue weighted by molar-refractivity contribution is 14.0. The van der Waals surface area contributed by atoms with Crippen molar-refractivity contribution in [2.45, 2.75) is 26.2 Å². The van der Waals surface area contributed by atoms with E-state index in [2.05, 4.69) is 47.5 Å². The van der Waals surface area contributed by atoms with Gasteiger partial charge in [0, 0.05) is 39.3 Å². The number of hydrogen-bond acceptors (Lipinski definition) is 3. The molecule has 2 heterocycles. The molecule has 0 radical (unpaired) electrons. The maximum Gasteiger partial charge on any atom is 0.211 e. The van der Waals surface area contributed by atoms with Gasteiger partial charge in [-0.25, -0.2) is 12.7 Å². The lowest BCUT2D eigenvalue weighted by atomic mass is 10.0. The SMILES string of the molecule is CCNC(=NCC1CCN(S(C)(=O)=O)C1)N1CCC(=Cc2ccccc2)CC1.I. The smallest absolute Gasteiger partial charge is 0.211 e. The number of sulfonamides is 1. The summed E-state index contributed by atoms with van der Waals surface area (Å²) in [4.78, 5) is 7.16. The highest BCUT2D eigenvalue weighted by atomic mass is 127. The van der Waals surface area contributed by atoms with Crippen LogP contribution in [0.25, 0.3) is 6.08 Å². The molecule has 0 bridgehead atoms. The largest absolute Gasteiger partial charge is 0.357 e.